The van der Waals surface area contributed by atoms with Gasteiger partial charge < -0.3 is 20.3 Å². The van der Waals surface area contributed by atoms with Crippen molar-refractivity contribution in [2.75, 3.05) is 7.11 Å². The van der Waals surface area contributed by atoms with Crippen LogP contribution in [0.15, 0.2) is 12.1 Å². The number of carbonyl (C=O) groups excluding carboxylic acids is 1. The zero-order valence-corrected chi connectivity index (χ0v) is 10.1. The third kappa shape index (κ3) is 2.62. The number of phenolic OH excluding ortho intramolecular Hbond substituents is 2. The van der Waals surface area contributed by atoms with Crippen molar-refractivity contribution in [3.8, 4) is 11.5 Å². The van der Waals surface area contributed by atoms with Crippen LogP contribution in [0.5, 0.6) is 11.5 Å². The van der Waals surface area contributed by atoms with Crippen molar-refractivity contribution in [1.82, 2.24) is 5.32 Å². The number of hydrogen-bond donors (Lipinski definition) is 3. The molecule has 0 bridgehead atoms. The van der Waals surface area contributed by atoms with E-state index in [9.17, 15) is 15.0 Å². The van der Waals surface area contributed by atoms with Crippen molar-refractivity contribution in [2.24, 2.45) is 0 Å². The summed E-state index contributed by atoms with van der Waals surface area (Å²) in [5, 5.41) is 21.7. The maximum absolute atomic E-state index is 11.3. The molecule has 0 fully saturated rings. The third-order valence-corrected chi connectivity index (χ3v) is 2.75. The van der Waals surface area contributed by atoms with Crippen molar-refractivity contribution in [3.05, 3.63) is 23.3 Å². The van der Waals surface area contributed by atoms with Crippen LogP contribution in [0.4, 0.5) is 0 Å². The highest BCUT2D eigenvalue weighted by Gasteiger charge is 2.25. The summed E-state index contributed by atoms with van der Waals surface area (Å²) in [6.07, 6.45) is 0.454. The lowest BCUT2D eigenvalue weighted by Crippen LogP contribution is -2.42. The van der Waals surface area contributed by atoms with E-state index in [-0.39, 0.29) is 35.9 Å². The van der Waals surface area contributed by atoms with Crippen LogP contribution in [0.2, 0.25) is 0 Å². The lowest BCUT2D eigenvalue weighted by molar-refractivity contribution is -0.143. The summed E-state index contributed by atoms with van der Waals surface area (Å²) in [6.45, 7) is 0.475. The van der Waals surface area contributed by atoms with E-state index in [1.54, 1.807) is 0 Å². The smallest absolute Gasteiger partial charge is 0.323 e. The van der Waals surface area contributed by atoms with Crippen molar-refractivity contribution >= 4 is 18.4 Å². The first-order valence-corrected chi connectivity index (χ1v) is 4.96. The van der Waals surface area contributed by atoms with E-state index in [0.29, 0.717) is 13.0 Å². The molecule has 1 aliphatic heterocycles. The van der Waals surface area contributed by atoms with E-state index in [1.807, 2.05) is 0 Å². The first-order chi connectivity index (χ1) is 7.61. The summed E-state index contributed by atoms with van der Waals surface area (Å²) < 4.78 is 4.65. The number of rotatable bonds is 1. The molecular weight excluding hydrogens is 246 g/mol. The molecule has 17 heavy (non-hydrogen) atoms. The van der Waals surface area contributed by atoms with Crippen LogP contribution in [0.1, 0.15) is 11.1 Å². The second-order valence-corrected chi connectivity index (χ2v) is 3.77. The standard InChI is InChI=1S/C11H13NO4.ClH/c1-16-11(15)8-2-6-3-9(13)10(14)4-7(6)5-12-8;/h3-4,8,12-14H,2,5H2,1H3;1H. The number of ether oxygens (including phenoxy) is 1. The minimum atomic E-state index is -0.388. The zero-order chi connectivity index (χ0) is 11.7. The van der Waals surface area contributed by atoms with Crippen LogP contribution in [0.3, 0.4) is 0 Å². The first-order valence-electron chi connectivity index (χ1n) is 4.96. The summed E-state index contributed by atoms with van der Waals surface area (Å²) in [5.74, 6) is -0.625. The van der Waals surface area contributed by atoms with Gasteiger partial charge in [0.25, 0.3) is 0 Å². The Morgan fingerprint density at radius 1 is 1.35 bits per heavy atom. The van der Waals surface area contributed by atoms with Crippen molar-refractivity contribution in [2.45, 2.75) is 19.0 Å². The lowest BCUT2D eigenvalue weighted by Gasteiger charge is -2.24. The second-order valence-electron chi connectivity index (χ2n) is 3.77. The molecule has 1 aromatic rings. The number of aromatic hydroxyl groups is 2. The Morgan fingerprint density at radius 2 is 1.94 bits per heavy atom. The number of phenols is 2. The van der Waals surface area contributed by atoms with Crippen molar-refractivity contribution in [3.63, 3.8) is 0 Å². The van der Waals surface area contributed by atoms with Crippen molar-refractivity contribution in [1.29, 1.82) is 0 Å². The molecular formula is C11H14ClNO4. The zero-order valence-electron chi connectivity index (χ0n) is 9.27. The molecule has 0 aliphatic carbocycles. The summed E-state index contributed by atoms with van der Waals surface area (Å²) in [6, 6.07) is 2.61. The molecule has 1 aromatic carbocycles. The van der Waals surface area contributed by atoms with E-state index < -0.39 is 0 Å². The Morgan fingerprint density at radius 3 is 2.53 bits per heavy atom. The third-order valence-electron chi connectivity index (χ3n) is 2.75. The molecule has 1 unspecified atom stereocenters. The molecule has 3 N–H and O–H groups in total. The van der Waals surface area contributed by atoms with Gasteiger partial charge in [0, 0.05) is 6.54 Å². The Hall–Kier alpha value is -1.46. The van der Waals surface area contributed by atoms with Crippen molar-refractivity contribution < 1.29 is 19.7 Å². The Kier molecular flexibility index (Phi) is 4.20. The quantitative estimate of drug-likeness (QED) is 0.511. The molecule has 94 valence electrons. The highest BCUT2D eigenvalue weighted by atomic mass is 35.5. The molecule has 1 aliphatic rings. The topological polar surface area (TPSA) is 78.8 Å². The lowest BCUT2D eigenvalue weighted by atomic mass is 9.95. The molecule has 0 saturated heterocycles. The van der Waals surface area contributed by atoms with Gasteiger partial charge in [-0.05, 0) is 29.7 Å². The van der Waals surface area contributed by atoms with Gasteiger partial charge in [-0.3, -0.25) is 4.79 Å². The molecule has 0 radical (unpaired) electrons. The average molecular weight is 260 g/mol. The van der Waals surface area contributed by atoms with Gasteiger partial charge in [0.1, 0.15) is 6.04 Å². The number of carbonyl (C=O) groups is 1. The van der Waals surface area contributed by atoms with Gasteiger partial charge in [-0.25, -0.2) is 0 Å². The van der Waals surface area contributed by atoms with Gasteiger partial charge in [-0.1, -0.05) is 0 Å². The maximum Gasteiger partial charge on any atom is 0.323 e. The largest absolute Gasteiger partial charge is 0.504 e. The normalized spacial score (nSPS) is 17.8. The Balaban J connectivity index is 0.00000144. The fourth-order valence-corrected chi connectivity index (χ4v) is 1.85. The van der Waals surface area contributed by atoms with Crippen LogP contribution < -0.4 is 5.32 Å². The van der Waals surface area contributed by atoms with Gasteiger partial charge in [-0.2, -0.15) is 0 Å². The highest BCUT2D eigenvalue weighted by molar-refractivity contribution is 5.85. The molecule has 6 heteroatoms. The van der Waals surface area contributed by atoms with Crippen LogP contribution in [0, 0.1) is 0 Å². The molecule has 1 heterocycles. The fraction of sp³-hybridized carbons (Fsp3) is 0.364. The van der Waals surface area contributed by atoms with E-state index in [0.717, 1.165) is 11.1 Å². The minimum Gasteiger partial charge on any atom is -0.504 e. The molecule has 0 amide bonds. The van der Waals surface area contributed by atoms with Crippen LogP contribution in [-0.4, -0.2) is 29.3 Å². The van der Waals surface area contributed by atoms with E-state index in [4.69, 9.17) is 0 Å². The molecule has 0 saturated carbocycles. The monoisotopic (exact) mass is 259 g/mol. The van der Waals surface area contributed by atoms with Gasteiger partial charge in [0.05, 0.1) is 7.11 Å². The van der Waals surface area contributed by atoms with Crippen LogP contribution in [-0.2, 0) is 22.5 Å². The Bertz CT molecular complexity index is 436. The Labute approximate surface area is 105 Å². The first kappa shape index (κ1) is 13.6. The van der Waals surface area contributed by atoms with E-state index in [2.05, 4.69) is 10.1 Å². The SMILES string of the molecule is COC(=O)C1Cc2cc(O)c(O)cc2CN1.Cl. The van der Waals surface area contributed by atoms with Gasteiger partial charge in [0.2, 0.25) is 0 Å². The summed E-state index contributed by atoms with van der Waals surface area (Å²) in [5.41, 5.74) is 1.74. The number of nitrogens with one attached hydrogen (secondary N) is 1. The van der Waals surface area contributed by atoms with Crippen LogP contribution >= 0.6 is 12.4 Å². The van der Waals surface area contributed by atoms with E-state index >= 15 is 0 Å². The number of halogens is 1. The summed E-state index contributed by atoms with van der Waals surface area (Å²) in [4.78, 5) is 11.3. The highest BCUT2D eigenvalue weighted by Crippen LogP contribution is 2.30. The number of fused-ring (bicyclic) bond motifs is 1. The average Bonchev–Trinajstić information content (AvgIpc) is 2.29. The van der Waals surface area contributed by atoms with Crippen LogP contribution in [0.25, 0.3) is 0 Å². The van der Waals surface area contributed by atoms with Gasteiger partial charge >= 0.3 is 5.97 Å². The number of benzene rings is 1. The minimum absolute atomic E-state index is 0. The number of esters is 1. The predicted molar refractivity (Wildman–Crippen MR) is 63.4 cm³/mol. The molecule has 0 spiro atoms. The molecule has 2 rings (SSSR count). The summed E-state index contributed by atoms with van der Waals surface area (Å²) in [7, 11) is 1.34. The van der Waals surface area contributed by atoms with E-state index in [1.165, 1.54) is 19.2 Å². The second kappa shape index (κ2) is 5.25. The van der Waals surface area contributed by atoms with Gasteiger partial charge in [-0.15, -0.1) is 12.4 Å². The molecule has 5 nitrogen and oxygen atoms in total. The molecule has 0 aromatic heterocycles. The molecule has 1 atom stereocenters. The summed E-state index contributed by atoms with van der Waals surface area (Å²) >= 11 is 0. The van der Waals surface area contributed by atoms with Gasteiger partial charge in [0.15, 0.2) is 11.5 Å². The predicted octanol–water partition coefficient (Wildman–Crippen LogP) is 0.707. The number of hydrogen-bond acceptors (Lipinski definition) is 5. The fourth-order valence-electron chi connectivity index (χ4n) is 1.85. The number of methoxy groups -OCH3 is 1. The maximum atomic E-state index is 11.3.